The Bertz CT molecular complexity index is 970. The van der Waals surface area contributed by atoms with Gasteiger partial charge in [0.15, 0.2) is 0 Å². The lowest BCUT2D eigenvalue weighted by atomic mass is 10.1. The van der Waals surface area contributed by atoms with Gasteiger partial charge < -0.3 is 9.47 Å². The molecule has 144 valence electrons. The molecule has 0 saturated heterocycles. The van der Waals surface area contributed by atoms with Crippen LogP contribution in [-0.4, -0.2) is 18.5 Å². The highest BCUT2D eigenvalue weighted by atomic mass is 16.5. The van der Waals surface area contributed by atoms with E-state index in [0.29, 0.717) is 18.3 Å². The van der Waals surface area contributed by atoms with E-state index in [-0.39, 0.29) is 11.1 Å². The van der Waals surface area contributed by atoms with Gasteiger partial charge in [0.1, 0.15) is 5.75 Å². The predicted octanol–water partition coefficient (Wildman–Crippen LogP) is 5.65. The Balaban J connectivity index is 1.76. The molecule has 4 heteroatoms. The molecule has 0 saturated carbocycles. The van der Waals surface area contributed by atoms with Crippen molar-refractivity contribution in [2.45, 2.75) is 26.7 Å². The second-order valence-corrected chi connectivity index (χ2v) is 7.08. The van der Waals surface area contributed by atoms with E-state index in [1.54, 1.807) is 30.3 Å². The lowest BCUT2D eigenvalue weighted by molar-refractivity contribution is 0.0486. The van der Waals surface area contributed by atoms with Crippen LogP contribution in [0.4, 0.5) is 0 Å². The van der Waals surface area contributed by atoms with Crippen LogP contribution in [0.3, 0.4) is 0 Å². The fourth-order valence-electron chi connectivity index (χ4n) is 3.01. The van der Waals surface area contributed by atoms with E-state index in [1.165, 1.54) is 0 Å². The zero-order valence-electron chi connectivity index (χ0n) is 16.2. The first kappa shape index (κ1) is 19.6. The highest BCUT2D eigenvalue weighted by Crippen LogP contribution is 2.26. The second-order valence-electron chi connectivity index (χ2n) is 7.08. The fourth-order valence-corrected chi connectivity index (χ4v) is 3.01. The maximum absolute atomic E-state index is 12.8. The normalized spacial score (nSPS) is 10.8. The van der Waals surface area contributed by atoms with E-state index in [2.05, 4.69) is 13.8 Å². The van der Waals surface area contributed by atoms with Gasteiger partial charge in [-0.1, -0.05) is 62.4 Å². The summed E-state index contributed by atoms with van der Waals surface area (Å²) in [5.74, 6) is -0.0647. The van der Waals surface area contributed by atoms with Crippen molar-refractivity contribution in [1.29, 1.82) is 0 Å². The Kier molecular flexibility index (Phi) is 6.43. The molecule has 0 radical (unpaired) electrons. The molecular formula is C24H24O4. The summed E-state index contributed by atoms with van der Waals surface area (Å²) in [7, 11) is 0. The minimum atomic E-state index is -0.578. The first-order chi connectivity index (χ1) is 13.6. The maximum atomic E-state index is 12.8. The van der Waals surface area contributed by atoms with Crippen molar-refractivity contribution in [3.63, 3.8) is 0 Å². The van der Waals surface area contributed by atoms with Crippen molar-refractivity contribution in [2.24, 2.45) is 5.92 Å². The number of fused-ring (bicyclic) bond motifs is 1. The molecule has 0 bridgehead atoms. The van der Waals surface area contributed by atoms with Crippen LogP contribution in [0.15, 0.2) is 66.7 Å². The van der Waals surface area contributed by atoms with E-state index in [1.807, 2.05) is 36.4 Å². The van der Waals surface area contributed by atoms with Gasteiger partial charge >= 0.3 is 11.9 Å². The van der Waals surface area contributed by atoms with Gasteiger partial charge in [-0.15, -0.1) is 0 Å². The van der Waals surface area contributed by atoms with Gasteiger partial charge in [0.2, 0.25) is 0 Å². The Morgan fingerprint density at radius 1 is 0.821 bits per heavy atom. The van der Waals surface area contributed by atoms with Crippen molar-refractivity contribution >= 4 is 22.7 Å². The van der Waals surface area contributed by atoms with Crippen molar-refractivity contribution in [2.75, 3.05) is 6.61 Å². The largest absolute Gasteiger partial charge is 0.462 e. The molecule has 3 rings (SSSR count). The number of benzene rings is 3. The molecule has 0 aliphatic heterocycles. The minimum Gasteiger partial charge on any atom is -0.462 e. The molecule has 0 fully saturated rings. The quantitative estimate of drug-likeness (QED) is 0.304. The first-order valence-corrected chi connectivity index (χ1v) is 9.52. The number of carbonyl (C=O) groups is 2. The molecule has 0 N–H and O–H groups in total. The van der Waals surface area contributed by atoms with Gasteiger partial charge in [-0.05, 0) is 42.3 Å². The van der Waals surface area contributed by atoms with E-state index in [0.717, 1.165) is 23.6 Å². The Labute approximate surface area is 165 Å². The van der Waals surface area contributed by atoms with Gasteiger partial charge in [0, 0.05) is 5.39 Å². The summed E-state index contributed by atoms with van der Waals surface area (Å²) in [5, 5.41) is 1.82. The average molecular weight is 376 g/mol. The van der Waals surface area contributed by atoms with Crippen LogP contribution < -0.4 is 4.74 Å². The molecule has 0 heterocycles. The molecule has 4 nitrogen and oxygen atoms in total. The molecule has 0 aliphatic rings. The third-order valence-corrected chi connectivity index (χ3v) is 4.48. The highest BCUT2D eigenvalue weighted by Gasteiger charge is 2.20. The number of hydrogen-bond donors (Lipinski definition) is 0. The number of carbonyl (C=O) groups excluding carboxylic acids is 2. The van der Waals surface area contributed by atoms with E-state index < -0.39 is 11.9 Å². The number of rotatable bonds is 7. The van der Waals surface area contributed by atoms with Crippen LogP contribution in [0, 0.1) is 5.92 Å². The Morgan fingerprint density at radius 3 is 2.21 bits per heavy atom. The van der Waals surface area contributed by atoms with E-state index in [9.17, 15) is 9.59 Å². The molecule has 3 aromatic rings. The van der Waals surface area contributed by atoms with Crippen LogP contribution in [0.2, 0.25) is 0 Å². The second kappa shape index (κ2) is 9.18. The fraction of sp³-hybridized carbons (Fsp3) is 0.250. The monoisotopic (exact) mass is 376 g/mol. The molecule has 0 spiro atoms. The third-order valence-electron chi connectivity index (χ3n) is 4.48. The van der Waals surface area contributed by atoms with Crippen LogP contribution in [0.1, 0.15) is 47.4 Å². The van der Waals surface area contributed by atoms with Crippen LogP contribution >= 0.6 is 0 Å². The first-order valence-electron chi connectivity index (χ1n) is 9.52. The molecular weight excluding hydrogens is 352 g/mol. The molecule has 3 aromatic carbocycles. The summed E-state index contributed by atoms with van der Waals surface area (Å²) in [6.07, 6.45) is 1.78. The van der Waals surface area contributed by atoms with Crippen LogP contribution in [0.5, 0.6) is 5.75 Å². The maximum Gasteiger partial charge on any atom is 0.344 e. The zero-order valence-corrected chi connectivity index (χ0v) is 16.2. The smallest absolute Gasteiger partial charge is 0.344 e. The number of esters is 2. The number of ether oxygens (including phenoxy) is 2. The SMILES string of the molecule is CC(C)CCCOC(=O)c1ccccc1C(=O)Oc1cccc2ccccc12. The average Bonchev–Trinajstić information content (AvgIpc) is 2.71. The molecule has 0 atom stereocenters. The van der Waals surface area contributed by atoms with Crippen LogP contribution in [0.25, 0.3) is 10.8 Å². The molecule has 28 heavy (non-hydrogen) atoms. The van der Waals surface area contributed by atoms with Crippen molar-refractivity contribution in [3.8, 4) is 5.75 Å². The van der Waals surface area contributed by atoms with Crippen LogP contribution in [-0.2, 0) is 4.74 Å². The lowest BCUT2D eigenvalue weighted by Gasteiger charge is -2.11. The van der Waals surface area contributed by atoms with Crippen molar-refractivity contribution in [3.05, 3.63) is 77.9 Å². The molecule has 0 aliphatic carbocycles. The Morgan fingerprint density at radius 2 is 1.46 bits per heavy atom. The van der Waals surface area contributed by atoms with Gasteiger partial charge in [0.25, 0.3) is 0 Å². The van der Waals surface area contributed by atoms with Gasteiger partial charge in [-0.3, -0.25) is 0 Å². The Hall–Kier alpha value is -3.14. The number of hydrogen-bond acceptors (Lipinski definition) is 4. The van der Waals surface area contributed by atoms with Gasteiger partial charge in [-0.25, -0.2) is 9.59 Å². The summed E-state index contributed by atoms with van der Waals surface area (Å²) < 4.78 is 11.0. The van der Waals surface area contributed by atoms with E-state index >= 15 is 0 Å². The summed E-state index contributed by atoms with van der Waals surface area (Å²) in [6, 6.07) is 19.8. The zero-order chi connectivity index (χ0) is 19.9. The minimum absolute atomic E-state index is 0.198. The molecule has 0 unspecified atom stereocenters. The summed E-state index contributed by atoms with van der Waals surface area (Å²) in [5.41, 5.74) is 0.418. The molecule has 0 aromatic heterocycles. The summed E-state index contributed by atoms with van der Waals surface area (Å²) in [4.78, 5) is 25.2. The summed E-state index contributed by atoms with van der Waals surface area (Å²) >= 11 is 0. The van der Waals surface area contributed by atoms with E-state index in [4.69, 9.17) is 9.47 Å². The topological polar surface area (TPSA) is 52.6 Å². The highest BCUT2D eigenvalue weighted by molar-refractivity contribution is 6.04. The van der Waals surface area contributed by atoms with Gasteiger partial charge in [0.05, 0.1) is 17.7 Å². The summed E-state index contributed by atoms with van der Waals surface area (Å²) in [6.45, 7) is 4.59. The third kappa shape index (κ3) is 4.77. The lowest BCUT2D eigenvalue weighted by Crippen LogP contribution is -2.16. The molecule has 0 amide bonds. The standard InChI is InChI=1S/C24H24O4/c1-17(2)9-8-16-27-23(25)20-13-5-6-14-21(20)24(26)28-22-15-7-11-18-10-3-4-12-19(18)22/h3-7,10-15,17H,8-9,16H2,1-2H3. The van der Waals surface area contributed by atoms with Crippen molar-refractivity contribution in [1.82, 2.24) is 0 Å². The van der Waals surface area contributed by atoms with Crippen molar-refractivity contribution < 1.29 is 19.1 Å². The van der Waals surface area contributed by atoms with Gasteiger partial charge in [-0.2, -0.15) is 0 Å². The predicted molar refractivity (Wildman–Crippen MR) is 110 cm³/mol.